The highest BCUT2D eigenvalue weighted by Crippen LogP contribution is 2.32. The first-order chi connectivity index (χ1) is 14.5. The minimum absolute atomic E-state index is 0.0430. The van der Waals surface area contributed by atoms with Gasteiger partial charge in [-0.2, -0.15) is 0 Å². The molecule has 0 aliphatic heterocycles. The van der Waals surface area contributed by atoms with E-state index in [2.05, 4.69) is 14.9 Å². The lowest BCUT2D eigenvalue weighted by molar-refractivity contribution is -0.123. The molecule has 2 amide bonds. The number of nitrogens with zero attached hydrogens (tertiary/aromatic N) is 3. The molecule has 1 aliphatic carbocycles. The Morgan fingerprint density at radius 3 is 2.70 bits per heavy atom. The number of hydrogen-bond donors (Lipinski definition) is 1. The Labute approximate surface area is 177 Å². The van der Waals surface area contributed by atoms with Gasteiger partial charge in [-0.05, 0) is 61.6 Å². The lowest BCUT2D eigenvalue weighted by Crippen LogP contribution is -2.46. The third-order valence-electron chi connectivity index (χ3n) is 5.12. The maximum atomic E-state index is 14.0. The van der Waals surface area contributed by atoms with Crippen LogP contribution in [0.5, 0.6) is 0 Å². The second-order valence-electron chi connectivity index (χ2n) is 7.29. The highest BCUT2D eigenvalue weighted by molar-refractivity contribution is 7.03. The third-order valence-corrected chi connectivity index (χ3v) is 5.63. The second-order valence-corrected chi connectivity index (χ2v) is 7.90. The molecule has 1 atom stereocenters. The van der Waals surface area contributed by atoms with Crippen molar-refractivity contribution in [3.63, 3.8) is 0 Å². The van der Waals surface area contributed by atoms with Crippen LogP contribution in [-0.4, -0.2) is 27.4 Å². The van der Waals surface area contributed by atoms with Crippen molar-refractivity contribution >= 4 is 29.0 Å². The van der Waals surface area contributed by atoms with Crippen LogP contribution in [-0.2, 0) is 4.79 Å². The molecule has 30 heavy (non-hydrogen) atoms. The largest absolute Gasteiger partial charge is 0.464 e. The molecular formula is C21H21FN4O3S. The molecule has 0 bridgehead atoms. The van der Waals surface area contributed by atoms with E-state index in [1.54, 1.807) is 25.1 Å². The molecule has 0 unspecified atom stereocenters. The summed E-state index contributed by atoms with van der Waals surface area (Å²) in [7, 11) is 0. The number of rotatable bonds is 6. The number of carbonyl (C=O) groups excluding carboxylic acids is 2. The molecule has 1 N–H and O–H groups in total. The van der Waals surface area contributed by atoms with E-state index >= 15 is 0 Å². The van der Waals surface area contributed by atoms with Crippen LogP contribution in [0.15, 0.2) is 46.2 Å². The number of aryl methyl sites for hydroxylation is 1. The van der Waals surface area contributed by atoms with Crippen molar-refractivity contribution in [3.05, 3.63) is 64.8 Å². The number of carbonyl (C=O) groups is 2. The first-order valence-electron chi connectivity index (χ1n) is 9.76. The molecule has 0 saturated heterocycles. The second kappa shape index (κ2) is 8.74. The van der Waals surface area contributed by atoms with E-state index in [4.69, 9.17) is 4.42 Å². The van der Waals surface area contributed by atoms with Crippen LogP contribution in [0, 0.1) is 12.7 Å². The molecule has 2 aromatic heterocycles. The number of anilines is 1. The predicted octanol–water partition coefficient (Wildman–Crippen LogP) is 4.03. The van der Waals surface area contributed by atoms with Crippen LogP contribution in [0.1, 0.15) is 53.7 Å². The van der Waals surface area contributed by atoms with Crippen molar-refractivity contribution in [2.75, 3.05) is 4.90 Å². The van der Waals surface area contributed by atoms with Gasteiger partial charge in [0.25, 0.3) is 11.8 Å². The minimum Gasteiger partial charge on any atom is -0.464 e. The van der Waals surface area contributed by atoms with Crippen molar-refractivity contribution < 1.29 is 18.4 Å². The summed E-state index contributed by atoms with van der Waals surface area (Å²) in [4.78, 5) is 28.0. The molecule has 1 aliphatic rings. The maximum Gasteiger partial charge on any atom is 0.280 e. The van der Waals surface area contributed by atoms with Gasteiger partial charge in [0.05, 0.1) is 0 Å². The Hall–Kier alpha value is -3.07. The van der Waals surface area contributed by atoms with Crippen LogP contribution < -0.4 is 10.2 Å². The van der Waals surface area contributed by atoms with Gasteiger partial charge < -0.3 is 9.73 Å². The van der Waals surface area contributed by atoms with Crippen LogP contribution >= 0.6 is 11.5 Å². The van der Waals surface area contributed by atoms with Crippen LogP contribution in [0.2, 0.25) is 0 Å². The van der Waals surface area contributed by atoms with Crippen LogP contribution in [0.25, 0.3) is 0 Å². The Balaban J connectivity index is 1.79. The van der Waals surface area contributed by atoms with Crippen molar-refractivity contribution in [1.29, 1.82) is 0 Å². The van der Waals surface area contributed by atoms with Gasteiger partial charge in [0.1, 0.15) is 17.3 Å². The molecule has 4 rings (SSSR count). The fourth-order valence-electron chi connectivity index (χ4n) is 3.72. The maximum absolute atomic E-state index is 14.0. The zero-order chi connectivity index (χ0) is 21.1. The fourth-order valence-corrected chi connectivity index (χ4v) is 4.15. The zero-order valence-corrected chi connectivity index (χ0v) is 17.2. The van der Waals surface area contributed by atoms with Crippen molar-refractivity contribution in [3.8, 4) is 0 Å². The number of hydrogen-bond acceptors (Lipinski definition) is 6. The summed E-state index contributed by atoms with van der Waals surface area (Å²) in [6, 6.07) is 7.87. The zero-order valence-electron chi connectivity index (χ0n) is 16.4. The van der Waals surface area contributed by atoms with E-state index < -0.39 is 17.8 Å². The number of nitrogens with one attached hydrogen (secondary N) is 1. The molecule has 7 nitrogen and oxygen atoms in total. The molecule has 0 spiro atoms. The molecule has 3 aromatic rings. The summed E-state index contributed by atoms with van der Waals surface area (Å²) in [5.41, 5.74) is 0.305. The minimum atomic E-state index is -1.12. The van der Waals surface area contributed by atoms with Gasteiger partial charge in [-0.1, -0.05) is 23.4 Å². The number of furan rings is 1. The Bertz CT molecular complexity index is 1030. The van der Waals surface area contributed by atoms with Gasteiger partial charge >= 0.3 is 0 Å². The number of amides is 2. The molecule has 0 radical (unpaired) electrons. The number of halogens is 1. The first kappa shape index (κ1) is 20.2. The van der Waals surface area contributed by atoms with E-state index in [0.29, 0.717) is 11.5 Å². The summed E-state index contributed by atoms with van der Waals surface area (Å²) in [5.74, 6) is -0.561. The molecule has 1 aromatic carbocycles. The Kier molecular flexibility index (Phi) is 5.89. The van der Waals surface area contributed by atoms with Gasteiger partial charge in [-0.25, -0.2) is 4.39 Å². The number of benzene rings is 1. The third kappa shape index (κ3) is 4.25. The normalized spacial score (nSPS) is 15.1. The fraction of sp³-hybridized carbons (Fsp3) is 0.333. The van der Waals surface area contributed by atoms with Gasteiger partial charge in [-0.3, -0.25) is 14.5 Å². The quantitative estimate of drug-likeness (QED) is 0.641. The van der Waals surface area contributed by atoms with Gasteiger partial charge in [-0.15, -0.1) is 5.10 Å². The van der Waals surface area contributed by atoms with E-state index in [0.717, 1.165) is 37.2 Å². The van der Waals surface area contributed by atoms with E-state index in [1.165, 1.54) is 28.5 Å². The lowest BCUT2D eigenvalue weighted by Gasteiger charge is -2.30. The van der Waals surface area contributed by atoms with Crippen molar-refractivity contribution in [2.24, 2.45) is 0 Å². The summed E-state index contributed by atoms with van der Waals surface area (Å²) in [6.07, 6.45) is 3.87. The summed E-state index contributed by atoms with van der Waals surface area (Å²) in [6.45, 7) is 1.76. The standard InChI is InChI=1S/C21H21FN4O3S/c1-13-9-10-18(29-13)19(20(27)23-15-6-2-3-7-15)26(16-8-4-5-14(22)11-16)21(28)17-12-30-25-24-17/h4-5,8-12,15,19H,2-3,6-7H2,1H3,(H,23,27)/t19-/m1/s1. The summed E-state index contributed by atoms with van der Waals surface area (Å²) >= 11 is 1.02. The lowest BCUT2D eigenvalue weighted by atomic mass is 10.1. The Morgan fingerprint density at radius 2 is 2.07 bits per heavy atom. The molecule has 1 saturated carbocycles. The average Bonchev–Trinajstić information content (AvgIpc) is 3.48. The molecule has 156 valence electrons. The topological polar surface area (TPSA) is 88.3 Å². The molecule has 2 heterocycles. The van der Waals surface area contributed by atoms with Crippen molar-refractivity contribution in [1.82, 2.24) is 14.9 Å². The SMILES string of the molecule is Cc1ccc([C@H](C(=O)NC2CCCC2)N(C(=O)c2csnn2)c2cccc(F)c2)o1. The average molecular weight is 428 g/mol. The smallest absolute Gasteiger partial charge is 0.280 e. The van der Waals surface area contributed by atoms with Gasteiger partial charge in [0, 0.05) is 17.1 Å². The highest BCUT2D eigenvalue weighted by Gasteiger charge is 2.37. The number of aromatic nitrogens is 2. The monoisotopic (exact) mass is 428 g/mol. The van der Waals surface area contributed by atoms with Gasteiger partial charge in [0.15, 0.2) is 11.7 Å². The molecular weight excluding hydrogens is 407 g/mol. The van der Waals surface area contributed by atoms with Crippen LogP contribution in [0.4, 0.5) is 10.1 Å². The predicted molar refractivity (Wildman–Crippen MR) is 110 cm³/mol. The molecule has 9 heteroatoms. The van der Waals surface area contributed by atoms with Crippen LogP contribution in [0.3, 0.4) is 0 Å². The summed E-state index contributed by atoms with van der Waals surface area (Å²) in [5, 5.41) is 8.38. The van der Waals surface area contributed by atoms with E-state index in [1.807, 2.05) is 0 Å². The van der Waals surface area contributed by atoms with E-state index in [-0.39, 0.29) is 23.3 Å². The van der Waals surface area contributed by atoms with Gasteiger partial charge in [0.2, 0.25) is 0 Å². The van der Waals surface area contributed by atoms with Crippen molar-refractivity contribution in [2.45, 2.75) is 44.7 Å². The summed E-state index contributed by atoms with van der Waals surface area (Å²) < 4.78 is 23.5. The Morgan fingerprint density at radius 1 is 1.27 bits per heavy atom. The van der Waals surface area contributed by atoms with E-state index in [9.17, 15) is 14.0 Å². The highest BCUT2D eigenvalue weighted by atomic mass is 32.1. The first-order valence-corrected chi connectivity index (χ1v) is 10.6. The molecule has 1 fully saturated rings.